The van der Waals surface area contributed by atoms with E-state index in [1.54, 1.807) is 0 Å². The molecule has 0 aliphatic heterocycles. The van der Waals surface area contributed by atoms with Gasteiger partial charge in [-0.2, -0.15) is 0 Å². The minimum absolute atomic E-state index is 0.907. The molecule has 0 atom stereocenters. The lowest BCUT2D eigenvalue weighted by atomic mass is 9.85. The average molecular weight is 975 g/mol. The summed E-state index contributed by atoms with van der Waals surface area (Å²) in [6, 6.07) is 103. The third-order valence-electron chi connectivity index (χ3n) is 16.4. The van der Waals surface area contributed by atoms with Crippen LogP contribution in [0.4, 0.5) is 0 Å². The first-order valence-electron chi connectivity index (χ1n) is 26.6. The maximum absolute atomic E-state index is 6.67. The standard InChI is InChI=1S/C76H46O/c1-2-17-58-49(15-1)16-13-27-59(58)50-35-37-51(38-36-50)72-61-19-3-5-21-63(61)73(64-22-6-4-20-62(64)72)54-41-33-47-31-39-52(43-56(47)45-54)53-40-32-48-34-42-55(46-57(48)44-53)74-65-23-7-9-25-67(65)75(68-26-10-8-24-66(68)74)70-29-14-28-69-60-18-11-12-30-71(60)77-76(69)70/h1-46H. The minimum Gasteiger partial charge on any atom is -0.455 e. The third kappa shape index (κ3) is 6.88. The molecular formula is C76H46O. The predicted molar refractivity (Wildman–Crippen MR) is 329 cm³/mol. The molecule has 0 fully saturated rings. The molecule has 356 valence electrons. The largest absolute Gasteiger partial charge is 0.455 e. The van der Waals surface area contributed by atoms with E-state index in [0.717, 1.165) is 27.5 Å². The van der Waals surface area contributed by atoms with Crippen molar-refractivity contribution in [3.63, 3.8) is 0 Å². The first-order chi connectivity index (χ1) is 38.2. The van der Waals surface area contributed by atoms with E-state index in [2.05, 4.69) is 273 Å². The van der Waals surface area contributed by atoms with Crippen LogP contribution >= 0.6 is 0 Å². The lowest BCUT2D eigenvalue weighted by Gasteiger charge is -2.18. The Morgan fingerprint density at radius 2 is 0.532 bits per heavy atom. The van der Waals surface area contributed by atoms with Crippen LogP contribution in [0.2, 0.25) is 0 Å². The third-order valence-corrected chi connectivity index (χ3v) is 16.4. The van der Waals surface area contributed by atoms with Crippen LogP contribution < -0.4 is 0 Å². The van der Waals surface area contributed by atoms with Crippen LogP contribution in [0.1, 0.15) is 0 Å². The molecule has 1 aromatic heterocycles. The molecule has 0 radical (unpaired) electrons. The summed E-state index contributed by atoms with van der Waals surface area (Å²) < 4.78 is 6.67. The molecule has 0 bridgehead atoms. The van der Waals surface area contributed by atoms with Crippen molar-refractivity contribution in [2.75, 3.05) is 0 Å². The number of rotatable bonds is 6. The Kier molecular flexibility index (Phi) is 9.71. The summed E-state index contributed by atoms with van der Waals surface area (Å²) in [6.45, 7) is 0. The van der Waals surface area contributed by atoms with Gasteiger partial charge in [0.15, 0.2) is 0 Å². The number of hydrogen-bond donors (Lipinski definition) is 0. The van der Waals surface area contributed by atoms with E-state index in [4.69, 9.17) is 4.42 Å². The Balaban J connectivity index is 0.797. The molecule has 0 N–H and O–H groups in total. The summed E-state index contributed by atoms with van der Waals surface area (Å²) in [6.07, 6.45) is 0. The lowest BCUT2D eigenvalue weighted by molar-refractivity contribution is 0.670. The van der Waals surface area contributed by atoms with Crippen LogP contribution in [0.5, 0.6) is 0 Å². The highest BCUT2D eigenvalue weighted by molar-refractivity contribution is 6.25. The second-order valence-corrected chi connectivity index (χ2v) is 20.6. The van der Waals surface area contributed by atoms with Crippen molar-refractivity contribution in [3.05, 3.63) is 279 Å². The van der Waals surface area contributed by atoms with Crippen molar-refractivity contribution >= 4 is 97.3 Å². The summed E-state index contributed by atoms with van der Waals surface area (Å²) in [5.74, 6) is 0. The molecule has 0 aliphatic carbocycles. The van der Waals surface area contributed by atoms with Crippen LogP contribution in [0.15, 0.2) is 283 Å². The normalized spacial score (nSPS) is 11.9. The molecular weight excluding hydrogens is 929 g/mol. The lowest BCUT2D eigenvalue weighted by Crippen LogP contribution is -1.91. The van der Waals surface area contributed by atoms with Crippen LogP contribution in [0, 0.1) is 0 Å². The predicted octanol–water partition coefficient (Wildman–Crippen LogP) is 21.7. The highest BCUT2D eigenvalue weighted by Crippen LogP contribution is 2.48. The van der Waals surface area contributed by atoms with Gasteiger partial charge in [0.2, 0.25) is 0 Å². The second kappa shape index (κ2) is 17.2. The van der Waals surface area contributed by atoms with E-state index < -0.39 is 0 Å². The molecule has 0 spiro atoms. The topological polar surface area (TPSA) is 13.1 Å². The number of para-hydroxylation sites is 2. The average Bonchev–Trinajstić information content (AvgIpc) is 3.88. The fourth-order valence-electron chi connectivity index (χ4n) is 12.9. The minimum atomic E-state index is 0.907. The molecule has 15 aromatic carbocycles. The van der Waals surface area contributed by atoms with E-state index in [9.17, 15) is 0 Å². The second-order valence-electron chi connectivity index (χ2n) is 20.6. The molecule has 16 aromatic rings. The maximum Gasteiger partial charge on any atom is 0.143 e. The van der Waals surface area contributed by atoms with Crippen LogP contribution in [-0.2, 0) is 0 Å². The van der Waals surface area contributed by atoms with Crippen molar-refractivity contribution in [1.29, 1.82) is 0 Å². The molecule has 0 unspecified atom stereocenters. The van der Waals surface area contributed by atoms with Crippen molar-refractivity contribution in [3.8, 4) is 66.8 Å². The van der Waals surface area contributed by atoms with Crippen molar-refractivity contribution < 1.29 is 4.42 Å². The molecule has 0 saturated heterocycles. The van der Waals surface area contributed by atoms with E-state index >= 15 is 0 Å². The Morgan fingerprint density at radius 1 is 0.182 bits per heavy atom. The molecule has 0 aliphatic rings. The first kappa shape index (κ1) is 43.3. The Bertz CT molecular complexity index is 4970. The van der Waals surface area contributed by atoms with Crippen molar-refractivity contribution in [1.82, 2.24) is 0 Å². The summed E-state index contributed by atoms with van der Waals surface area (Å²) >= 11 is 0. The highest BCUT2D eigenvalue weighted by Gasteiger charge is 2.22. The number of fused-ring (bicyclic) bond motifs is 10. The van der Waals surface area contributed by atoms with Gasteiger partial charge in [-0.25, -0.2) is 0 Å². The van der Waals surface area contributed by atoms with Crippen LogP contribution in [0.3, 0.4) is 0 Å². The van der Waals surface area contributed by atoms with Gasteiger partial charge in [0, 0.05) is 21.9 Å². The van der Waals surface area contributed by atoms with Gasteiger partial charge in [-0.1, -0.05) is 249 Å². The van der Waals surface area contributed by atoms with E-state index in [1.165, 1.54) is 137 Å². The monoisotopic (exact) mass is 974 g/mol. The van der Waals surface area contributed by atoms with Crippen molar-refractivity contribution in [2.24, 2.45) is 0 Å². The molecule has 1 heterocycles. The smallest absolute Gasteiger partial charge is 0.143 e. The summed E-state index contributed by atoms with van der Waals surface area (Å²) in [4.78, 5) is 0. The summed E-state index contributed by atoms with van der Waals surface area (Å²) in [5.41, 5.74) is 16.4. The van der Waals surface area contributed by atoms with Crippen molar-refractivity contribution in [2.45, 2.75) is 0 Å². The maximum atomic E-state index is 6.67. The van der Waals surface area contributed by atoms with Gasteiger partial charge in [0.25, 0.3) is 0 Å². The quantitative estimate of drug-likeness (QED) is 0.151. The van der Waals surface area contributed by atoms with Gasteiger partial charge in [0.05, 0.1) is 0 Å². The Labute approximate surface area is 445 Å². The molecule has 1 nitrogen and oxygen atoms in total. The van der Waals surface area contributed by atoms with Crippen LogP contribution in [-0.4, -0.2) is 0 Å². The van der Waals surface area contributed by atoms with E-state index in [0.29, 0.717) is 0 Å². The molecule has 16 rings (SSSR count). The van der Waals surface area contributed by atoms with Gasteiger partial charge >= 0.3 is 0 Å². The highest BCUT2D eigenvalue weighted by atomic mass is 16.3. The molecule has 0 saturated carbocycles. The Hall–Kier alpha value is -10.1. The molecule has 0 amide bonds. The Morgan fingerprint density at radius 3 is 1.06 bits per heavy atom. The summed E-state index contributed by atoms with van der Waals surface area (Å²) in [7, 11) is 0. The van der Waals surface area contributed by atoms with Gasteiger partial charge in [-0.3, -0.25) is 0 Å². The van der Waals surface area contributed by atoms with Gasteiger partial charge in [-0.15, -0.1) is 0 Å². The van der Waals surface area contributed by atoms with Gasteiger partial charge in [-0.05, 0) is 161 Å². The van der Waals surface area contributed by atoms with E-state index in [-0.39, 0.29) is 0 Å². The van der Waals surface area contributed by atoms with Gasteiger partial charge < -0.3 is 4.42 Å². The summed E-state index contributed by atoms with van der Waals surface area (Å²) in [5, 5.41) is 19.5. The zero-order valence-electron chi connectivity index (χ0n) is 42.0. The zero-order valence-corrected chi connectivity index (χ0v) is 42.0. The number of hydrogen-bond acceptors (Lipinski definition) is 1. The SMILES string of the molecule is c1ccc2c(-c3ccc(-c4c5ccccc5c(-c5ccc6ccc(-c7ccc8ccc(-c9c%10ccccc%10c(-c%10cccc%11c%10oc%10ccccc%10%11)c%10ccccc9%10)cc8c7)cc6c5)c5ccccc45)cc3)cccc2c1. The van der Waals surface area contributed by atoms with Gasteiger partial charge in [0.1, 0.15) is 11.2 Å². The molecule has 77 heavy (non-hydrogen) atoms. The zero-order chi connectivity index (χ0) is 50.6. The first-order valence-corrected chi connectivity index (χ1v) is 26.6. The van der Waals surface area contributed by atoms with Crippen LogP contribution in [0.25, 0.3) is 164 Å². The number of benzene rings is 15. The fraction of sp³-hybridized carbons (Fsp3) is 0. The fourth-order valence-corrected chi connectivity index (χ4v) is 12.9. The van der Waals surface area contributed by atoms with E-state index in [1.807, 2.05) is 6.07 Å². The molecule has 1 heteroatoms. The number of furan rings is 1.